The van der Waals surface area contributed by atoms with Crippen LogP contribution in [0.3, 0.4) is 0 Å². The van der Waals surface area contributed by atoms with Gasteiger partial charge < -0.3 is 0 Å². The van der Waals surface area contributed by atoms with Crippen molar-refractivity contribution in [3.8, 4) is 22.3 Å². The molecular formula is C26H18. The van der Waals surface area contributed by atoms with Gasteiger partial charge in [0.2, 0.25) is 0 Å². The van der Waals surface area contributed by atoms with Crippen LogP contribution in [0.2, 0.25) is 0 Å². The molecule has 0 fully saturated rings. The van der Waals surface area contributed by atoms with Crippen molar-refractivity contribution in [1.82, 2.24) is 0 Å². The topological polar surface area (TPSA) is 0 Å². The Kier molecular flexibility index (Phi) is 3.54. The van der Waals surface area contributed by atoms with E-state index in [-0.39, 0.29) is 0 Å². The van der Waals surface area contributed by atoms with Crippen molar-refractivity contribution < 1.29 is 0 Å². The second-order valence-corrected chi connectivity index (χ2v) is 6.68. The minimum Gasteiger partial charge on any atom is -0.0622 e. The predicted molar refractivity (Wildman–Crippen MR) is 112 cm³/mol. The van der Waals surface area contributed by atoms with Gasteiger partial charge in [-0.1, -0.05) is 84.9 Å². The molecule has 122 valence electrons. The molecule has 0 aliphatic carbocycles. The van der Waals surface area contributed by atoms with Crippen molar-refractivity contribution >= 4 is 21.5 Å². The van der Waals surface area contributed by atoms with E-state index in [0.29, 0.717) is 0 Å². The normalized spacial score (nSPS) is 11.1. The van der Waals surface area contributed by atoms with Gasteiger partial charge in [0.25, 0.3) is 0 Å². The third kappa shape index (κ3) is 2.57. The first-order valence-corrected chi connectivity index (χ1v) is 8.96. The Balaban J connectivity index is 1.88. The molecule has 0 saturated heterocycles. The minimum absolute atomic E-state index is 1.25. The van der Waals surface area contributed by atoms with Crippen LogP contribution in [0.4, 0.5) is 0 Å². The lowest BCUT2D eigenvalue weighted by Crippen LogP contribution is -1.86. The summed E-state index contributed by atoms with van der Waals surface area (Å²) in [4.78, 5) is 0. The quantitative estimate of drug-likeness (QED) is 0.297. The number of hydrogen-bond acceptors (Lipinski definition) is 0. The first-order chi connectivity index (χ1) is 12.9. The van der Waals surface area contributed by atoms with Crippen LogP contribution >= 0.6 is 0 Å². The van der Waals surface area contributed by atoms with Crippen LogP contribution in [0, 0.1) is 0 Å². The second kappa shape index (κ2) is 6.16. The van der Waals surface area contributed by atoms with Crippen LogP contribution in [-0.4, -0.2) is 0 Å². The van der Waals surface area contributed by atoms with Crippen molar-refractivity contribution in [3.05, 3.63) is 109 Å². The molecule has 26 heavy (non-hydrogen) atoms. The minimum atomic E-state index is 1.25. The number of fused-ring (bicyclic) bond motifs is 2. The van der Waals surface area contributed by atoms with E-state index in [4.69, 9.17) is 0 Å². The highest BCUT2D eigenvalue weighted by Crippen LogP contribution is 2.36. The Morgan fingerprint density at radius 3 is 1.62 bits per heavy atom. The number of benzene rings is 5. The Bertz CT molecular complexity index is 1200. The molecule has 0 amide bonds. The molecule has 0 bridgehead atoms. The maximum Gasteiger partial charge on any atom is -0.00986 e. The summed E-state index contributed by atoms with van der Waals surface area (Å²) in [5.41, 5.74) is 5.05. The van der Waals surface area contributed by atoms with Crippen molar-refractivity contribution in [1.29, 1.82) is 0 Å². The van der Waals surface area contributed by atoms with Gasteiger partial charge in [-0.2, -0.15) is 0 Å². The number of hydrogen-bond donors (Lipinski definition) is 0. The molecule has 0 aliphatic heterocycles. The van der Waals surface area contributed by atoms with Crippen molar-refractivity contribution in [2.75, 3.05) is 0 Å². The first-order valence-electron chi connectivity index (χ1n) is 8.96. The third-order valence-electron chi connectivity index (χ3n) is 5.01. The van der Waals surface area contributed by atoms with Crippen molar-refractivity contribution in [2.24, 2.45) is 0 Å². The molecule has 5 aromatic rings. The lowest BCUT2D eigenvalue weighted by Gasteiger charge is -2.12. The van der Waals surface area contributed by atoms with E-state index in [1.807, 2.05) is 0 Å². The summed E-state index contributed by atoms with van der Waals surface area (Å²) in [6.07, 6.45) is 0. The maximum absolute atomic E-state index is 2.32. The maximum atomic E-state index is 2.32. The fourth-order valence-corrected chi connectivity index (χ4v) is 3.71. The molecule has 5 aromatic carbocycles. The lowest BCUT2D eigenvalue weighted by atomic mass is 9.91. The molecule has 0 nitrogen and oxygen atoms in total. The van der Waals surface area contributed by atoms with Gasteiger partial charge in [-0.25, -0.2) is 0 Å². The van der Waals surface area contributed by atoms with Crippen LogP contribution in [0.15, 0.2) is 109 Å². The summed E-state index contributed by atoms with van der Waals surface area (Å²) in [5, 5.41) is 5.15. The van der Waals surface area contributed by atoms with Crippen LogP contribution in [0.5, 0.6) is 0 Å². The van der Waals surface area contributed by atoms with E-state index in [1.54, 1.807) is 0 Å². The molecule has 0 heterocycles. The van der Waals surface area contributed by atoms with E-state index >= 15 is 0 Å². The summed E-state index contributed by atoms with van der Waals surface area (Å²) in [5.74, 6) is 0. The van der Waals surface area contributed by atoms with Gasteiger partial charge in [-0.05, 0) is 68.1 Å². The monoisotopic (exact) mass is 330 g/mol. The molecule has 0 saturated carbocycles. The molecule has 0 atom stereocenters. The average Bonchev–Trinajstić information content (AvgIpc) is 2.73. The number of rotatable bonds is 2. The molecule has 0 N–H and O–H groups in total. The third-order valence-corrected chi connectivity index (χ3v) is 5.01. The van der Waals surface area contributed by atoms with Gasteiger partial charge in [0.15, 0.2) is 0 Å². The van der Waals surface area contributed by atoms with Gasteiger partial charge in [-0.15, -0.1) is 0 Å². The second-order valence-electron chi connectivity index (χ2n) is 6.68. The highest BCUT2D eigenvalue weighted by Gasteiger charge is 2.09. The largest absolute Gasteiger partial charge is 0.0622 e. The fourth-order valence-electron chi connectivity index (χ4n) is 3.71. The van der Waals surface area contributed by atoms with Crippen LogP contribution < -0.4 is 0 Å². The van der Waals surface area contributed by atoms with Gasteiger partial charge in [0.05, 0.1) is 0 Å². The van der Waals surface area contributed by atoms with Gasteiger partial charge in [-0.3, -0.25) is 0 Å². The molecule has 0 radical (unpaired) electrons. The molecule has 0 heteroatoms. The Hall–Kier alpha value is -3.38. The summed E-state index contributed by atoms with van der Waals surface area (Å²) in [7, 11) is 0. The molecule has 5 rings (SSSR count). The smallest absolute Gasteiger partial charge is 0.00986 e. The zero-order valence-corrected chi connectivity index (χ0v) is 14.4. The highest BCUT2D eigenvalue weighted by atomic mass is 14.1. The van der Waals surface area contributed by atoms with Gasteiger partial charge in [0.1, 0.15) is 0 Å². The molecule has 0 spiro atoms. The standard InChI is InChI=1S/C26H18/c1-3-9-19(10-4-1)23-16-24-15-21-13-7-8-14-22(21)17-26(24)25(18-23)20-11-5-2-6-12-20/h1-18H. The highest BCUT2D eigenvalue weighted by molar-refractivity contribution is 6.06. The molecule has 0 aliphatic rings. The van der Waals surface area contributed by atoms with E-state index in [2.05, 4.69) is 109 Å². The summed E-state index contributed by atoms with van der Waals surface area (Å²) < 4.78 is 0. The first kappa shape index (κ1) is 14.9. The summed E-state index contributed by atoms with van der Waals surface area (Å²) in [6, 6.07) is 39.1. The van der Waals surface area contributed by atoms with E-state index in [0.717, 1.165) is 0 Å². The van der Waals surface area contributed by atoms with Gasteiger partial charge in [0, 0.05) is 0 Å². The zero-order chi connectivity index (χ0) is 17.3. The Morgan fingerprint density at radius 2 is 0.923 bits per heavy atom. The Labute approximate surface area is 153 Å². The van der Waals surface area contributed by atoms with E-state index in [9.17, 15) is 0 Å². The van der Waals surface area contributed by atoms with Crippen LogP contribution in [0.1, 0.15) is 0 Å². The molecular weight excluding hydrogens is 312 g/mol. The van der Waals surface area contributed by atoms with Gasteiger partial charge >= 0.3 is 0 Å². The predicted octanol–water partition coefficient (Wildman–Crippen LogP) is 7.33. The van der Waals surface area contributed by atoms with Crippen molar-refractivity contribution in [3.63, 3.8) is 0 Å². The lowest BCUT2D eigenvalue weighted by molar-refractivity contribution is 1.62. The Morgan fingerprint density at radius 1 is 0.346 bits per heavy atom. The van der Waals surface area contributed by atoms with E-state index < -0.39 is 0 Å². The summed E-state index contributed by atoms with van der Waals surface area (Å²) >= 11 is 0. The molecule has 0 unspecified atom stereocenters. The van der Waals surface area contributed by atoms with Crippen LogP contribution in [-0.2, 0) is 0 Å². The van der Waals surface area contributed by atoms with Crippen molar-refractivity contribution in [2.45, 2.75) is 0 Å². The fraction of sp³-hybridized carbons (Fsp3) is 0. The average molecular weight is 330 g/mol. The SMILES string of the molecule is c1ccc(-c2cc(-c3ccccc3)c3cc4ccccc4cc3c2)cc1. The zero-order valence-electron chi connectivity index (χ0n) is 14.4. The molecule has 0 aromatic heterocycles. The van der Waals surface area contributed by atoms with Crippen LogP contribution in [0.25, 0.3) is 43.8 Å². The summed E-state index contributed by atoms with van der Waals surface area (Å²) in [6.45, 7) is 0. The van der Waals surface area contributed by atoms with E-state index in [1.165, 1.54) is 43.8 Å².